The molecule has 3 aliphatic rings. The SMILES string of the molecule is CCN1CCC(N(C(=O)/C=C\c2ccc(S(=O)(=O)N3CCCCCC3)cc2)C2CC2)CC1. The van der Waals surface area contributed by atoms with Gasteiger partial charge in [-0.25, -0.2) is 8.42 Å². The van der Waals surface area contributed by atoms with E-state index in [2.05, 4.69) is 16.7 Å². The van der Waals surface area contributed by atoms with E-state index in [4.69, 9.17) is 0 Å². The van der Waals surface area contributed by atoms with E-state index in [0.29, 0.717) is 30.1 Å². The number of likely N-dealkylation sites (tertiary alicyclic amines) is 1. The Hall–Kier alpha value is -1.70. The third-order valence-corrected chi connectivity index (χ3v) is 9.01. The molecule has 1 aromatic rings. The minimum atomic E-state index is -3.44. The molecule has 0 N–H and O–H groups in total. The lowest BCUT2D eigenvalue weighted by Gasteiger charge is -2.38. The number of hydrogen-bond acceptors (Lipinski definition) is 4. The maximum Gasteiger partial charge on any atom is 0.247 e. The lowest BCUT2D eigenvalue weighted by atomic mass is 10.0. The number of hydrogen-bond donors (Lipinski definition) is 0. The molecular formula is C25H37N3O3S. The summed E-state index contributed by atoms with van der Waals surface area (Å²) in [4.78, 5) is 17.9. The topological polar surface area (TPSA) is 60.9 Å². The number of nitrogens with zero attached hydrogens (tertiary/aromatic N) is 3. The van der Waals surface area contributed by atoms with E-state index >= 15 is 0 Å². The molecule has 0 bridgehead atoms. The second-order valence-electron chi connectivity index (χ2n) is 9.36. The largest absolute Gasteiger partial charge is 0.333 e. The first-order valence-electron chi connectivity index (χ1n) is 12.3. The number of amides is 1. The highest BCUT2D eigenvalue weighted by atomic mass is 32.2. The van der Waals surface area contributed by atoms with Gasteiger partial charge < -0.3 is 9.80 Å². The van der Waals surface area contributed by atoms with Gasteiger partial charge in [-0.2, -0.15) is 4.31 Å². The van der Waals surface area contributed by atoms with Crippen molar-refractivity contribution in [3.8, 4) is 0 Å². The van der Waals surface area contributed by atoms with Crippen LogP contribution in [0.25, 0.3) is 6.08 Å². The van der Waals surface area contributed by atoms with Gasteiger partial charge >= 0.3 is 0 Å². The van der Waals surface area contributed by atoms with Crippen molar-refractivity contribution in [2.75, 3.05) is 32.7 Å². The van der Waals surface area contributed by atoms with Crippen LogP contribution in [0.5, 0.6) is 0 Å². The molecule has 4 rings (SSSR count). The van der Waals surface area contributed by atoms with Crippen LogP contribution < -0.4 is 0 Å². The lowest BCUT2D eigenvalue weighted by molar-refractivity contribution is -0.129. The smallest absolute Gasteiger partial charge is 0.247 e. The summed E-state index contributed by atoms with van der Waals surface area (Å²) in [6, 6.07) is 7.67. The normalized spacial score (nSPS) is 22.2. The first kappa shape index (κ1) is 23.5. The van der Waals surface area contributed by atoms with Crippen LogP contribution in [-0.4, -0.2) is 73.2 Å². The Balaban J connectivity index is 1.40. The van der Waals surface area contributed by atoms with Crippen molar-refractivity contribution >= 4 is 22.0 Å². The van der Waals surface area contributed by atoms with E-state index in [1.807, 2.05) is 6.08 Å². The zero-order chi connectivity index (χ0) is 22.6. The highest BCUT2D eigenvalue weighted by molar-refractivity contribution is 7.89. The summed E-state index contributed by atoms with van der Waals surface area (Å²) >= 11 is 0. The molecule has 6 nitrogen and oxygen atoms in total. The first-order chi connectivity index (χ1) is 15.5. The van der Waals surface area contributed by atoms with Gasteiger partial charge in [0.05, 0.1) is 4.90 Å². The van der Waals surface area contributed by atoms with Gasteiger partial charge in [-0.3, -0.25) is 4.79 Å². The maximum absolute atomic E-state index is 13.0. The van der Waals surface area contributed by atoms with Crippen molar-refractivity contribution in [3.05, 3.63) is 35.9 Å². The van der Waals surface area contributed by atoms with Crippen molar-refractivity contribution in [3.63, 3.8) is 0 Å². The number of piperidine rings is 1. The van der Waals surface area contributed by atoms with E-state index in [-0.39, 0.29) is 5.91 Å². The molecule has 0 radical (unpaired) electrons. The molecule has 32 heavy (non-hydrogen) atoms. The summed E-state index contributed by atoms with van der Waals surface area (Å²) in [6.07, 6.45) is 11.9. The van der Waals surface area contributed by atoms with Crippen LogP contribution >= 0.6 is 0 Å². The van der Waals surface area contributed by atoms with Crippen LogP contribution in [0.1, 0.15) is 63.9 Å². The van der Waals surface area contributed by atoms with Crippen LogP contribution in [0.4, 0.5) is 0 Å². The Morgan fingerprint density at radius 1 is 0.938 bits per heavy atom. The van der Waals surface area contributed by atoms with Gasteiger partial charge in [0.2, 0.25) is 15.9 Å². The van der Waals surface area contributed by atoms with Crippen molar-refractivity contribution in [2.45, 2.75) is 75.3 Å². The zero-order valence-electron chi connectivity index (χ0n) is 19.3. The van der Waals surface area contributed by atoms with Crippen LogP contribution in [0.2, 0.25) is 0 Å². The van der Waals surface area contributed by atoms with Gasteiger partial charge in [0.15, 0.2) is 0 Å². The monoisotopic (exact) mass is 459 g/mol. The van der Waals surface area contributed by atoms with E-state index in [1.54, 1.807) is 34.6 Å². The molecule has 1 saturated carbocycles. The predicted molar refractivity (Wildman–Crippen MR) is 128 cm³/mol. The number of carbonyl (C=O) groups is 1. The van der Waals surface area contributed by atoms with Crippen LogP contribution in [0, 0.1) is 0 Å². The summed E-state index contributed by atoms with van der Waals surface area (Å²) in [6.45, 7) is 6.60. The second-order valence-corrected chi connectivity index (χ2v) is 11.3. The molecule has 2 heterocycles. The quantitative estimate of drug-likeness (QED) is 0.583. The minimum absolute atomic E-state index is 0.0868. The summed E-state index contributed by atoms with van der Waals surface area (Å²) < 4.78 is 27.5. The van der Waals surface area contributed by atoms with Gasteiger partial charge in [0.1, 0.15) is 0 Å². The van der Waals surface area contributed by atoms with Crippen molar-refractivity contribution in [1.29, 1.82) is 0 Å². The molecule has 2 aliphatic heterocycles. The molecular weight excluding hydrogens is 422 g/mol. The van der Waals surface area contributed by atoms with Gasteiger partial charge in [-0.1, -0.05) is 31.9 Å². The van der Waals surface area contributed by atoms with Crippen molar-refractivity contribution in [2.24, 2.45) is 0 Å². The molecule has 0 spiro atoms. The Kier molecular flexibility index (Phi) is 7.69. The molecule has 1 amide bonds. The summed E-state index contributed by atoms with van der Waals surface area (Å²) in [5.74, 6) is 0.0868. The molecule has 2 saturated heterocycles. The summed E-state index contributed by atoms with van der Waals surface area (Å²) in [5, 5.41) is 0. The van der Waals surface area contributed by atoms with Gasteiger partial charge in [0, 0.05) is 44.3 Å². The number of benzene rings is 1. The summed E-state index contributed by atoms with van der Waals surface area (Å²) in [7, 11) is -3.44. The third-order valence-electron chi connectivity index (χ3n) is 7.09. The Morgan fingerprint density at radius 3 is 2.09 bits per heavy atom. The molecule has 0 atom stereocenters. The second kappa shape index (κ2) is 10.5. The number of rotatable bonds is 7. The molecule has 1 aromatic carbocycles. The number of carbonyl (C=O) groups excluding carboxylic acids is 1. The van der Waals surface area contributed by atoms with Crippen LogP contribution in [0.3, 0.4) is 0 Å². The fourth-order valence-corrected chi connectivity index (χ4v) is 6.48. The van der Waals surface area contributed by atoms with Gasteiger partial charge in [0.25, 0.3) is 0 Å². The molecule has 0 unspecified atom stereocenters. The Labute approximate surface area is 193 Å². The van der Waals surface area contributed by atoms with E-state index < -0.39 is 10.0 Å². The molecule has 0 aromatic heterocycles. The van der Waals surface area contributed by atoms with Crippen LogP contribution in [-0.2, 0) is 14.8 Å². The van der Waals surface area contributed by atoms with E-state index in [1.165, 1.54) is 0 Å². The zero-order valence-corrected chi connectivity index (χ0v) is 20.1. The standard InChI is InChI=1S/C25H37N3O3S/c1-2-26-19-15-23(16-20-26)28(22-10-11-22)25(29)14-9-21-7-12-24(13-8-21)32(30,31)27-17-5-3-4-6-18-27/h7-9,12-14,22-23H,2-6,10-11,15-20H2,1H3/b14-9-. The highest BCUT2D eigenvalue weighted by Crippen LogP contribution is 2.32. The number of sulfonamides is 1. The Morgan fingerprint density at radius 2 is 1.53 bits per heavy atom. The average molecular weight is 460 g/mol. The minimum Gasteiger partial charge on any atom is -0.333 e. The fraction of sp³-hybridized carbons (Fsp3) is 0.640. The maximum atomic E-state index is 13.0. The third kappa shape index (κ3) is 5.61. The molecule has 7 heteroatoms. The van der Waals surface area contributed by atoms with Crippen molar-refractivity contribution < 1.29 is 13.2 Å². The lowest BCUT2D eigenvalue weighted by Crippen LogP contribution is -2.47. The fourth-order valence-electron chi connectivity index (χ4n) is 4.96. The van der Waals surface area contributed by atoms with Gasteiger partial charge in [-0.05, 0) is 68.8 Å². The van der Waals surface area contributed by atoms with E-state index in [0.717, 1.165) is 76.6 Å². The molecule has 3 fully saturated rings. The summed E-state index contributed by atoms with van der Waals surface area (Å²) in [5.41, 5.74) is 0.852. The average Bonchev–Trinajstić information content (AvgIpc) is 3.66. The highest BCUT2D eigenvalue weighted by Gasteiger charge is 2.37. The van der Waals surface area contributed by atoms with Crippen LogP contribution in [0.15, 0.2) is 35.2 Å². The predicted octanol–water partition coefficient (Wildman–Crippen LogP) is 3.74. The molecule has 1 aliphatic carbocycles. The molecule has 176 valence electrons. The Bertz CT molecular complexity index is 893. The van der Waals surface area contributed by atoms with Gasteiger partial charge in [-0.15, -0.1) is 0 Å². The van der Waals surface area contributed by atoms with E-state index in [9.17, 15) is 13.2 Å². The van der Waals surface area contributed by atoms with Crippen molar-refractivity contribution in [1.82, 2.24) is 14.1 Å². The first-order valence-corrected chi connectivity index (χ1v) is 13.8.